The van der Waals surface area contributed by atoms with Crippen molar-refractivity contribution >= 4 is 46.1 Å². The first-order chi connectivity index (χ1) is 20.9. The molecule has 2 unspecified atom stereocenters. The van der Waals surface area contributed by atoms with Gasteiger partial charge < -0.3 is 19.9 Å². The summed E-state index contributed by atoms with van der Waals surface area (Å²) in [5.41, 5.74) is 4.98. The number of fused-ring (bicyclic) bond motifs is 1. The molecule has 43 heavy (non-hydrogen) atoms. The third kappa shape index (κ3) is 7.35. The van der Waals surface area contributed by atoms with Crippen LogP contribution in [-0.4, -0.2) is 71.2 Å². The molecule has 0 spiro atoms. The first-order valence-corrected chi connectivity index (χ1v) is 16.0. The first kappa shape index (κ1) is 31.3. The molecule has 4 aromatic rings. The lowest BCUT2D eigenvalue weighted by atomic mass is 9.90. The summed E-state index contributed by atoms with van der Waals surface area (Å²) in [7, 11) is 1.92. The Balaban J connectivity index is 1.33. The fourth-order valence-corrected chi connectivity index (χ4v) is 6.53. The van der Waals surface area contributed by atoms with E-state index in [1.165, 1.54) is 5.56 Å². The highest BCUT2D eigenvalue weighted by molar-refractivity contribution is 6.42. The SMILES string of the molecule is CCOCCc1cccc2[nH]c(NC3CCN(C(C(CC)c4ccc(Cl)c(Cl)c4)N(C)C(=O)c4ccccc4)CC3)nc12. The maximum absolute atomic E-state index is 13.7. The monoisotopic (exact) mass is 621 g/mol. The molecule has 0 bridgehead atoms. The lowest BCUT2D eigenvalue weighted by molar-refractivity contribution is 0.0201. The Morgan fingerprint density at radius 3 is 2.53 bits per heavy atom. The van der Waals surface area contributed by atoms with Crippen molar-refractivity contribution in [3.63, 3.8) is 0 Å². The lowest BCUT2D eigenvalue weighted by Gasteiger charge is -2.45. The van der Waals surface area contributed by atoms with Crippen LogP contribution in [0, 0.1) is 0 Å². The Labute approximate surface area is 264 Å². The minimum absolute atomic E-state index is 0.00627. The van der Waals surface area contributed by atoms with Crippen LogP contribution in [0.3, 0.4) is 0 Å². The molecule has 2 heterocycles. The Kier molecular flexibility index (Phi) is 10.6. The van der Waals surface area contributed by atoms with E-state index < -0.39 is 0 Å². The van der Waals surface area contributed by atoms with E-state index in [2.05, 4.69) is 40.3 Å². The minimum Gasteiger partial charge on any atom is -0.381 e. The first-order valence-electron chi connectivity index (χ1n) is 15.2. The van der Waals surface area contributed by atoms with Crippen molar-refractivity contribution in [2.75, 3.05) is 38.7 Å². The number of anilines is 1. The minimum atomic E-state index is -0.144. The van der Waals surface area contributed by atoms with Crippen LogP contribution in [0.25, 0.3) is 11.0 Å². The number of halogens is 2. The van der Waals surface area contributed by atoms with Gasteiger partial charge in [0, 0.05) is 44.3 Å². The average molecular weight is 623 g/mol. The van der Waals surface area contributed by atoms with E-state index in [-0.39, 0.29) is 24.0 Å². The van der Waals surface area contributed by atoms with Crippen LogP contribution < -0.4 is 5.32 Å². The molecule has 1 aromatic heterocycles. The number of hydrogen-bond acceptors (Lipinski definition) is 5. The third-order valence-corrected chi connectivity index (χ3v) is 9.21. The summed E-state index contributed by atoms with van der Waals surface area (Å²) in [6, 6.07) is 21.9. The van der Waals surface area contributed by atoms with Gasteiger partial charge in [-0.2, -0.15) is 0 Å². The van der Waals surface area contributed by atoms with Crippen molar-refractivity contribution in [3.8, 4) is 0 Å². The van der Waals surface area contributed by atoms with Gasteiger partial charge in [0.05, 0.1) is 33.9 Å². The smallest absolute Gasteiger partial charge is 0.254 e. The van der Waals surface area contributed by atoms with Crippen LogP contribution in [0.5, 0.6) is 0 Å². The molecule has 1 fully saturated rings. The van der Waals surface area contributed by atoms with Crippen LogP contribution in [0.4, 0.5) is 5.95 Å². The van der Waals surface area contributed by atoms with Crippen LogP contribution in [0.15, 0.2) is 66.7 Å². The van der Waals surface area contributed by atoms with E-state index >= 15 is 0 Å². The molecule has 5 rings (SSSR count). The molecule has 1 aliphatic heterocycles. The summed E-state index contributed by atoms with van der Waals surface area (Å²) >= 11 is 12.7. The van der Waals surface area contributed by atoms with Crippen LogP contribution in [-0.2, 0) is 11.2 Å². The predicted molar refractivity (Wildman–Crippen MR) is 176 cm³/mol. The summed E-state index contributed by atoms with van der Waals surface area (Å²) in [6.07, 6.45) is 3.39. The van der Waals surface area contributed by atoms with Gasteiger partial charge in [-0.25, -0.2) is 4.98 Å². The average Bonchev–Trinajstić information content (AvgIpc) is 3.45. The molecule has 1 amide bonds. The van der Waals surface area contributed by atoms with Crippen molar-refractivity contribution in [1.29, 1.82) is 0 Å². The molecule has 2 N–H and O–H groups in total. The number of nitrogens with one attached hydrogen (secondary N) is 2. The number of H-pyrrole nitrogens is 1. The molecule has 0 aliphatic carbocycles. The highest BCUT2D eigenvalue weighted by Crippen LogP contribution is 2.35. The quantitative estimate of drug-likeness (QED) is 0.159. The fourth-order valence-electron chi connectivity index (χ4n) is 6.23. The van der Waals surface area contributed by atoms with Gasteiger partial charge in [-0.05, 0) is 74.1 Å². The lowest BCUT2D eigenvalue weighted by Crippen LogP contribution is -2.55. The standard InChI is InChI=1S/C34H41Cl2N5O2/c1-4-27(25-14-15-28(35)29(36)22-25)32(40(3)33(42)24-10-7-6-8-11-24)41-19-16-26(17-20-41)37-34-38-30-13-9-12-23(31(30)39-34)18-21-43-5-2/h6-15,22,26-27,32H,4-5,16-21H2,1-3H3,(H2,37,38,39). The summed E-state index contributed by atoms with van der Waals surface area (Å²) in [6.45, 7) is 7.26. The van der Waals surface area contributed by atoms with Gasteiger partial charge in [0.2, 0.25) is 5.95 Å². The Bertz CT molecular complexity index is 1500. The van der Waals surface area contributed by atoms with Gasteiger partial charge in [0.1, 0.15) is 0 Å². The number of ether oxygens (including phenoxy) is 1. The van der Waals surface area contributed by atoms with E-state index in [0.717, 1.165) is 61.3 Å². The predicted octanol–water partition coefficient (Wildman–Crippen LogP) is 7.62. The highest BCUT2D eigenvalue weighted by atomic mass is 35.5. The van der Waals surface area contributed by atoms with Crippen molar-refractivity contribution in [2.45, 2.75) is 57.7 Å². The number of likely N-dealkylation sites (tertiary alicyclic amines) is 1. The number of piperidine rings is 1. The van der Waals surface area contributed by atoms with Gasteiger partial charge in [-0.1, -0.05) is 66.5 Å². The number of carbonyl (C=O) groups excluding carboxylic acids is 1. The van der Waals surface area contributed by atoms with Gasteiger partial charge in [-0.3, -0.25) is 9.69 Å². The second-order valence-corrected chi connectivity index (χ2v) is 12.0. The molecule has 3 aromatic carbocycles. The van der Waals surface area contributed by atoms with E-state index in [9.17, 15) is 4.79 Å². The summed E-state index contributed by atoms with van der Waals surface area (Å²) in [4.78, 5) is 26.4. The number of para-hydroxylation sites is 1. The van der Waals surface area contributed by atoms with Gasteiger partial charge in [0.25, 0.3) is 5.91 Å². The number of imidazole rings is 1. The van der Waals surface area contributed by atoms with Crippen molar-refractivity contribution < 1.29 is 9.53 Å². The Morgan fingerprint density at radius 1 is 1.07 bits per heavy atom. The number of hydrogen-bond donors (Lipinski definition) is 2. The van der Waals surface area contributed by atoms with Gasteiger partial charge in [0.15, 0.2) is 0 Å². The van der Waals surface area contributed by atoms with E-state index in [0.29, 0.717) is 28.8 Å². The van der Waals surface area contributed by atoms with Crippen LogP contribution >= 0.6 is 23.2 Å². The normalized spacial score (nSPS) is 15.8. The zero-order chi connectivity index (χ0) is 30.3. The number of aromatic amines is 1. The molecule has 228 valence electrons. The molecule has 9 heteroatoms. The molecule has 0 saturated carbocycles. The van der Waals surface area contributed by atoms with Gasteiger partial charge in [-0.15, -0.1) is 0 Å². The second-order valence-electron chi connectivity index (χ2n) is 11.2. The number of carbonyl (C=O) groups is 1. The number of benzene rings is 3. The van der Waals surface area contributed by atoms with Crippen molar-refractivity contribution in [1.82, 2.24) is 19.8 Å². The van der Waals surface area contributed by atoms with E-state index in [1.807, 2.05) is 67.4 Å². The number of likely N-dealkylation sites (N-methyl/N-ethyl adjacent to an activating group) is 1. The maximum atomic E-state index is 13.7. The number of amides is 1. The second kappa shape index (κ2) is 14.6. The Hall–Kier alpha value is -3.10. The Morgan fingerprint density at radius 2 is 1.84 bits per heavy atom. The third-order valence-electron chi connectivity index (χ3n) is 8.47. The molecule has 7 nitrogen and oxygen atoms in total. The molecule has 0 radical (unpaired) electrons. The van der Waals surface area contributed by atoms with Gasteiger partial charge >= 0.3 is 0 Å². The van der Waals surface area contributed by atoms with Crippen molar-refractivity contribution in [3.05, 3.63) is 93.5 Å². The zero-order valence-electron chi connectivity index (χ0n) is 25.2. The zero-order valence-corrected chi connectivity index (χ0v) is 26.7. The van der Waals surface area contributed by atoms with E-state index in [1.54, 1.807) is 0 Å². The number of nitrogens with zero attached hydrogens (tertiary/aromatic N) is 3. The highest BCUT2D eigenvalue weighted by Gasteiger charge is 2.36. The maximum Gasteiger partial charge on any atom is 0.254 e. The molecule has 2 atom stereocenters. The van der Waals surface area contributed by atoms with E-state index in [4.69, 9.17) is 32.9 Å². The number of aromatic nitrogens is 2. The van der Waals surface area contributed by atoms with Crippen molar-refractivity contribution in [2.24, 2.45) is 0 Å². The molecular formula is C34H41Cl2N5O2. The topological polar surface area (TPSA) is 73.5 Å². The van der Waals surface area contributed by atoms with Crippen LogP contribution in [0.1, 0.15) is 60.5 Å². The summed E-state index contributed by atoms with van der Waals surface area (Å²) < 4.78 is 5.57. The molecule has 1 saturated heterocycles. The summed E-state index contributed by atoms with van der Waals surface area (Å²) in [5.74, 6) is 0.863. The fraction of sp³-hybridized carbons (Fsp3) is 0.412. The summed E-state index contributed by atoms with van der Waals surface area (Å²) in [5, 5.41) is 4.72. The molecule has 1 aliphatic rings. The molecular weight excluding hydrogens is 581 g/mol. The largest absolute Gasteiger partial charge is 0.381 e. The number of rotatable bonds is 12. The van der Waals surface area contributed by atoms with Crippen LogP contribution in [0.2, 0.25) is 10.0 Å².